The van der Waals surface area contributed by atoms with E-state index < -0.39 is 15.4 Å². The first-order valence-electron chi connectivity index (χ1n) is 12.7. The zero-order valence-corrected chi connectivity index (χ0v) is 23.5. The largest absolute Gasteiger partial charge is 0.481 e. The molecule has 0 saturated carbocycles. The maximum atomic E-state index is 13.6. The summed E-state index contributed by atoms with van der Waals surface area (Å²) in [5.41, 5.74) is 0.672. The van der Waals surface area contributed by atoms with Gasteiger partial charge in [-0.2, -0.15) is 9.78 Å². The van der Waals surface area contributed by atoms with Gasteiger partial charge in [-0.15, -0.1) is 0 Å². The van der Waals surface area contributed by atoms with Crippen molar-refractivity contribution in [2.45, 2.75) is 6.61 Å². The van der Waals surface area contributed by atoms with Crippen molar-refractivity contribution in [3.05, 3.63) is 137 Å². The number of aromatic nitrogens is 2. The first-order chi connectivity index (χ1) is 20.8. The second-order valence-electron chi connectivity index (χ2n) is 9.28. The van der Waals surface area contributed by atoms with Gasteiger partial charge in [0, 0.05) is 33.6 Å². The number of non-ortho nitro benzene ring substituents is 1. The number of hydrogen-bond donors (Lipinski definition) is 0. The first-order valence-corrected chi connectivity index (χ1v) is 13.5. The van der Waals surface area contributed by atoms with Gasteiger partial charge < -0.3 is 9.15 Å². The van der Waals surface area contributed by atoms with E-state index >= 15 is 0 Å². The summed E-state index contributed by atoms with van der Waals surface area (Å²) >= 11 is 3.44. The lowest BCUT2D eigenvalue weighted by Crippen LogP contribution is -2.20. The van der Waals surface area contributed by atoms with Crippen molar-refractivity contribution in [2.75, 3.05) is 0 Å². The van der Waals surface area contributed by atoms with Gasteiger partial charge in [-0.3, -0.25) is 25.0 Å². The van der Waals surface area contributed by atoms with Crippen LogP contribution in [0.5, 0.6) is 5.75 Å². The van der Waals surface area contributed by atoms with Crippen LogP contribution in [0.1, 0.15) is 11.1 Å². The summed E-state index contributed by atoms with van der Waals surface area (Å²) in [7, 11) is 0. The van der Waals surface area contributed by atoms with Crippen molar-refractivity contribution in [3.8, 4) is 17.3 Å². The Hall–Kier alpha value is -5.69. The molecule has 0 aliphatic rings. The molecule has 6 aromatic rings. The molecule has 0 amide bonds. The highest BCUT2D eigenvalue weighted by atomic mass is 79.9. The predicted octanol–water partition coefficient (Wildman–Crippen LogP) is 6.85. The quantitative estimate of drug-likeness (QED) is 0.0994. The Morgan fingerprint density at radius 3 is 2.58 bits per heavy atom. The lowest BCUT2D eigenvalue weighted by Gasteiger charge is -2.10. The standard InChI is InChI=1S/C30H18BrN5O7/c31-21-11-12-26-20(14-21)15-27(43-26)29-33-24-9-2-1-8-23(24)30(37)34(29)32-16-19-6-4-10-25(36(40)41)28(19)42-17-18-5-3-7-22(13-18)35(38)39/h1-16H,17H2. The number of nitro groups is 2. The number of ether oxygens (including phenoxy) is 1. The third-order valence-electron chi connectivity index (χ3n) is 6.49. The Balaban J connectivity index is 1.45. The molecule has 0 atom stereocenters. The Labute approximate surface area is 249 Å². The van der Waals surface area contributed by atoms with E-state index in [9.17, 15) is 25.0 Å². The van der Waals surface area contributed by atoms with Gasteiger partial charge in [0.1, 0.15) is 12.2 Å². The molecule has 4 aromatic carbocycles. The fraction of sp³-hybridized carbons (Fsp3) is 0.0333. The topological polar surface area (TPSA) is 156 Å². The Morgan fingerprint density at radius 2 is 1.77 bits per heavy atom. The minimum Gasteiger partial charge on any atom is -0.481 e. The highest BCUT2D eigenvalue weighted by Crippen LogP contribution is 2.32. The SMILES string of the molecule is O=c1c2ccccc2nc(-c2cc3cc(Br)ccc3o2)n1N=Cc1cccc([N+](=O)[O-])c1OCc1cccc([N+](=O)[O-])c1. The third-order valence-corrected chi connectivity index (χ3v) is 6.98. The summed E-state index contributed by atoms with van der Waals surface area (Å²) in [6.07, 6.45) is 1.26. The highest BCUT2D eigenvalue weighted by Gasteiger charge is 2.20. The van der Waals surface area contributed by atoms with E-state index in [1.807, 2.05) is 12.1 Å². The molecule has 2 heterocycles. The number of furan rings is 1. The summed E-state index contributed by atoms with van der Waals surface area (Å²) in [4.78, 5) is 40.2. The number of rotatable bonds is 8. The van der Waals surface area contributed by atoms with E-state index in [4.69, 9.17) is 9.15 Å². The first kappa shape index (κ1) is 27.5. The zero-order chi connectivity index (χ0) is 30.1. The number of benzene rings is 4. The van der Waals surface area contributed by atoms with Crippen LogP contribution in [0, 0.1) is 20.2 Å². The Morgan fingerprint density at radius 1 is 0.953 bits per heavy atom. The van der Waals surface area contributed by atoms with E-state index in [2.05, 4.69) is 26.0 Å². The lowest BCUT2D eigenvalue weighted by atomic mass is 10.1. The fourth-order valence-electron chi connectivity index (χ4n) is 4.49. The molecule has 12 nitrogen and oxygen atoms in total. The van der Waals surface area contributed by atoms with Gasteiger partial charge in [-0.25, -0.2) is 4.98 Å². The zero-order valence-electron chi connectivity index (χ0n) is 21.9. The molecule has 0 saturated heterocycles. The molecule has 2 aromatic heterocycles. The maximum absolute atomic E-state index is 13.6. The lowest BCUT2D eigenvalue weighted by molar-refractivity contribution is -0.386. The average Bonchev–Trinajstić information content (AvgIpc) is 3.42. The van der Waals surface area contributed by atoms with Crippen molar-refractivity contribution < 1.29 is 19.0 Å². The molecular formula is C30H18BrN5O7. The van der Waals surface area contributed by atoms with Crippen LogP contribution in [0.2, 0.25) is 0 Å². The van der Waals surface area contributed by atoms with Gasteiger partial charge in [0.2, 0.25) is 11.6 Å². The van der Waals surface area contributed by atoms with Gasteiger partial charge in [0.15, 0.2) is 5.76 Å². The molecule has 0 aliphatic heterocycles. The van der Waals surface area contributed by atoms with Crippen molar-refractivity contribution in [1.29, 1.82) is 0 Å². The van der Waals surface area contributed by atoms with Gasteiger partial charge >= 0.3 is 5.69 Å². The summed E-state index contributed by atoms with van der Waals surface area (Å²) in [6.45, 7) is -0.190. The highest BCUT2D eigenvalue weighted by molar-refractivity contribution is 9.10. The third kappa shape index (κ3) is 5.48. The fourth-order valence-corrected chi connectivity index (χ4v) is 4.87. The molecule has 0 bridgehead atoms. The summed E-state index contributed by atoms with van der Waals surface area (Å²) in [5, 5.41) is 28.5. The van der Waals surface area contributed by atoms with Gasteiger partial charge in [0.25, 0.3) is 11.2 Å². The molecule has 0 N–H and O–H groups in total. The molecule has 212 valence electrons. The van der Waals surface area contributed by atoms with Crippen LogP contribution in [-0.2, 0) is 6.61 Å². The minimum absolute atomic E-state index is 0.122. The molecule has 13 heteroatoms. The molecule has 0 unspecified atom stereocenters. The Kier molecular flexibility index (Phi) is 7.22. The maximum Gasteiger partial charge on any atom is 0.311 e. The molecule has 0 radical (unpaired) electrons. The molecule has 6 rings (SSSR count). The summed E-state index contributed by atoms with van der Waals surface area (Å²) < 4.78 is 13.8. The van der Waals surface area contributed by atoms with E-state index in [1.54, 1.807) is 42.5 Å². The Bertz CT molecular complexity index is 2160. The van der Waals surface area contributed by atoms with Gasteiger partial charge in [-0.1, -0.05) is 46.3 Å². The van der Waals surface area contributed by atoms with Crippen molar-refractivity contribution in [1.82, 2.24) is 9.66 Å². The van der Waals surface area contributed by atoms with Crippen LogP contribution >= 0.6 is 15.9 Å². The van der Waals surface area contributed by atoms with E-state index in [0.29, 0.717) is 22.0 Å². The number of hydrogen-bond acceptors (Lipinski definition) is 9. The van der Waals surface area contributed by atoms with Gasteiger partial charge in [-0.05, 0) is 48.0 Å². The van der Waals surface area contributed by atoms with Crippen LogP contribution < -0.4 is 10.3 Å². The van der Waals surface area contributed by atoms with E-state index in [0.717, 1.165) is 14.5 Å². The minimum atomic E-state index is -0.609. The number of para-hydroxylation sites is 2. The van der Waals surface area contributed by atoms with E-state index in [-0.39, 0.29) is 40.9 Å². The number of nitrogens with zero attached hydrogens (tertiary/aromatic N) is 5. The predicted molar refractivity (Wildman–Crippen MR) is 162 cm³/mol. The monoisotopic (exact) mass is 639 g/mol. The molecule has 0 fully saturated rings. The number of fused-ring (bicyclic) bond motifs is 2. The molecule has 43 heavy (non-hydrogen) atoms. The molecule has 0 aliphatic carbocycles. The van der Waals surface area contributed by atoms with Crippen molar-refractivity contribution >= 4 is 55.4 Å². The van der Waals surface area contributed by atoms with Crippen LogP contribution in [-0.4, -0.2) is 25.7 Å². The summed E-state index contributed by atoms with van der Waals surface area (Å²) in [6, 6.07) is 24.0. The van der Waals surface area contributed by atoms with Crippen LogP contribution in [0.15, 0.2) is 110 Å². The van der Waals surface area contributed by atoms with Crippen LogP contribution in [0.3, 0.4) is 0 Å². The molecular weight excluding hydrogens is 622 g/mol. The van der Waals surface area contributed by atoms with Crippen molar-refractivity contribution in [2.24, 2.45) is 5.10 Å². The van der Waals surface area contributed by atoms with Crippen molar-refractivity contribution in [3.63, 3.8) is 0 Å². The average molecular weight is 640 g/mol. The molecule has 0 spiro atoms. The van der Waals surface area contributed by atoms with Crippen LogP contribution in [0.25, 0.3) is 33.5 Å². The number of nitro benzene ring substituents is 2. The normalized spacial score (nSPS) is 11.4. The smallest absolute Gasteiger partial charge is 0.311 e. The van der Waals surface area contributed by atoms with E-state index in [1.165, 1.54) is 42.6 Å². The second kappa shape index (κ2) is 11.3. The van der Waals surface area contributed by atoms with Gasteiger partial charge in [0.05, 0.1) is 27.0 Å². The number of halogens is 1. The van der Waals surface area contributed by atoms with Crippen LogP contribution in [0.4, 0.5) is 11.4 Å². The summed E-state index contributed by atoms with van der Waals surface area (Å²) in [5.74, 6) is 0.283. The second-order valence-corrected chi connectivity index (χ2v) is 10.2.